The van der Waals surface area contributed by atoms with E-state index in [1.54, 1.807) is 22.8 Å². The van der Waals surface area contributed by atoms with E-state index >= 15 is 0 Å². The number of carbonyl (C=O) groups is 1. The molecule has 31 heavy (non-hydrogen) atoms. The lowest BCUT2D eigenvalue weighted by Gasteiger charge is -2.26. The van der Waals surface area contributed by atoms with Crippen LogP contribution < -0.4 is 19.6 Å². The van der Waals surface area contributed by atoms with Crippen LogP contribution in [0.15, 0.2) is 62.8 Å². The fourth-order valence-corrected chi connectivity index (χ4v) is 5.31. The van der Waals surface area contributed by atoms with Crippen LogP contribution in [0.3, 0.4) is 0 Å². The van der Waals surface area contributed by atoms with E-state index in [-0.39, 0.29) is 5.56 Å². The molecule has 0 fully saturated rings. The number of ether oxygens (including phenoxy) is 2. The highest BCUT2D eigenvalue weighted by Crippen LogP contribution is 2.35. The smallest absolute Gasteiger partial charge is 0.338 e. The molecule has 0 bridgehead atoms. The van der Waals surface area contributed by atoms with Gasteiger partial charge in [-0.15, -0.1) is 11.3 Å². The maximum Gasteiger partial charge on any atom is 0.338 e. The summed E-state index contributed by atoms with van der Waals surface area (Å²) in [5.74, 6) is 0.127. The van der Waals surface area contributed by atoms with E-state index in [4.69, 9.17) is 9.47 Å². The standard InChI is InChI=1S/C23H22N2O4S2/c1-4-11-29-17-10-6-5-9-16(17)20-19(22(27)28-3)14(2)24-23-25(20)21(26)18(31-23)13-15-8-7-12-30-15/h5-10,12-13,20H,4,11H2,1-3H3. The van der Waals surface area contributed by atoms with Crippen LogP contribution >= 0.6 is 22.7 Å². The number of thiophene rings is 1. The Balaban J connectivity index is 1.98. The second-order valence-corrected chi connectivity index (χ2v) is 8.96. The first-order chi connectivity index (χ1) is 15.0. The number of methoxy groups -OCH3 is 1. The number of fused-ring (bicyclic) bond motifs is 1. The highest BCUT2D eigenvalue weighted by Gasteiger charge is 2.34. The van der Waals surface area contributed by atoms with Crippen LogP contribution in [0.2, 0.25) is 0 Å². The quantitative estimate of drug-likeness (QED) is 0.536. The summed E-state index contributed by atoms with van der Waals surface area (Å²) in [7, 11) is 1.33. The number of allylic oxidation sites excluding steroid dienone is 1. The number of carbonyl (C=O) groups excluding carboxylic acids is 1. The van der Waals surface area contributed by atoms with Crippen molar-refractivity contribution in [2.45, 2.75) is 26.3 Å². The summed E-state index contributed by atoms with van der Waals surface area (Å²) < 4.78 is 13.2. The average molecular weight is 455 g/mol. The molecule has 8 heteroatoms. The van der Waals surface area contributed by atoms with Gasteiger partial charge in [-0.1, -0.05) is 42.5 Å². The molecule has 0 saturated carbocycles. The van der Waals surface area contributed by atoms with E-state index in [1.165, 1.54) is 18.4 Å². The number of rotatable bonds is 6. The van der Waals surface area contributed by atoms with Crippen molar-refractivity contribution < 1.29 is 14.3 Å². The number of aromatic nitrogens is 1. The van der Waals surface area contributed by atoms with Gasteiger partial charge in [0.1, 0.15) is 11.8 Å². The highest BCUT2D eigenvalue weighted by atomic mass is 32.1. The van der Waals surface area contributed by atoms with Crippen molar-refractivity contribution in [3.05, 3.63) is 83.2 Å². The van der Waals surface area contributed by atoms with Crippen molar-refractivity contribution >= 4 is 34.7 Å². The predicted octanol–water partition coefficient (Wildman–Crippen LogP) is 3.26. The van der Waals surface area contributed by atoms with Crippen LogP contribution in [-0.4, -0.2) is 24.3 Å². The van der Waals surface area contributed by atoms with Crippen LogP contribution in [0.25, 0.3) is 6.08 Å². The first-order valence-corrected chi connectivity index (χ1v) is 11.6. The number of hydrogen-bond donors (Lipinski definition) is 0. The molecule has 1 aliphatic heterocycles. The molecular formula is C23H22N2O4S2. The molecule has 3 aromatic rings. The topological polar surface area (TPSA) is 69.9 Å². The second kappa shape index (κ2) is 9.03. The maximum absolute atomic E-state index is 13.5. The van der Waals surface area contributed by atoms with Crippen LogP contribution in [0.4, 0.5) is 0 Å². The first-order valence-electron chi connectivity index (χ1n) is 9.91. The molecule has 6 nitrogen and oxygen atoms in total. The van der Waals surface area contributed by atoms with Crippen LogP contribution in [-0.2, 0) is 9.53 Å². The maximum atomic E-state index is 13.5. The normalized spacial score (nSPS) is 16.1. The van der Waals surface area contributed by atoms with Crippen molar-refractivity contribution in [3.8, 4) is 5.75 Å². The molecule has 1 aliphatic rings. The molecule has 0 spiro atoms. The Morgan fingerprint density at radius 2 is 2.06 bits per heavy atom. The minimum absolute atomic E-state index is 0.193. The fraction of sp³-hybridized carbons (Fsp3) is 0.261. The van der Waals surface area contributed by atoms with Crippen LogP contribution in [0.1, 0.15) is 36.8 Å². The van der Waals surface area contributed by atoms with Gasteiger partial charge < -0.3 is 9.47 Å². The molecule has 0 radical (unpaired) electrons. The molecule has 3 heterocycles. The number of hydrogen-bond acceptors (Lipinski definition) is 7. The van der Waals surface area contributed by atoms with Gasteiger partial charge in [0.2, 0.25) is 0 Å². The number of nitrogens with zero attached hydrogens (tertiary/aromatic N) is 2. The third kappa shape index (κ3) is 4.00. The van der Waals surface area contributed by atoms with E-state index in [2.05, 4.69) is 4.99 Å². The molecule has 1 unspecified atom stereocenters. The molecule has 0 aliphatic carbocycles. The highest BCUT2D eigenvalue weighted by molar-refractivity contribution is 7.11. The van der Waals surface area contributed by atoms with Crippen molar-refractivity contribution in [1.29, 1.82) is 0 Å². The van der Waals surface area contributed by atoms with Gasteiger partial charge >= 0.3 is 5.97 Å². The Bertz CT molecular complexity index is 1320. The summed E-state index contributed by atoms with van der Waals surface area (Å²) in [5, 5.41) is 1.96. The van der Waals surface area contributed by atoms with E-state index < -0.39 is 12.0 Å². The summed E-state index contributed by atoms with van der Waals surface area (Å²) in [6.45, 7) is 4.33. The Morgan fingerprint density at radius 3 is 2.77 bits per heavy atom. The molecule has 2 aromatic heterocycles. The second-order valence-electron chi connectivity index (χ2n) is 6.98. The van der Waals surface area contributed by atoms with Gasteiger partial charge in [0.15, 0.2) is 4.80 Å². The van der Waals surface area contributed by atoms with E-state index in [0.717, 1.165) is 16.9 Å². The number of para-hydroxylation sites is 1. The van der Waals surface area contributed by atoms with Gasteiger partial charge in [-0.3, -0.25) is 9.36 Å². The third-order valence-corrected chi connectivity index (χ3v) is 6.72. The molecular weight excluding hydrogens is 432 g/mol. The minimum Gasteiger partial charge on any atom is -0.493 e. The lowest BCUT2D eigenvalue weighted by atomic mass is 9.95. The lowest BCUT2D eigenvalue weighted by Crippen LogP contribution is -2.40. The zero-order chi connectivity index (χ0) is 22.0. The summed E-state index contributed by atoms with van der Waals surface area (Å²) >= 11 is 2.87. The summed E-state index contributed by atoms with van der Waals surface area (Å²) in [6.07, 6.45) is 2.71. The monoisotopic (exact) mass is 454 g/mol. The minimum atomic E-state index is -0.678. The Morgan fingerprint density at radius 1 is 1.26 bits per heavy atom. The van der Waals surface area contributed by atoms with Crippen molar-refractivity contribution in [3.63, 3.8) is 0 Å². The predicted molar refractivity (Wildman–Crippen MR) is 122 cm³/mol. The number of thiazole rings is 1. The summed E-state index contributed by atoms with van der Waals surface area (Å²) in [5.41, 5.74) is 1.41. The van der Waals surface area contributed by atoms with Gasteiger partial charge in [0, 0.05) is 10.4 Å². The fourth-order valence-electron chi connectivity index (χ4n) is 3.54. The van der Waals surface area contributed by atoms with E-state index in [0.29, 0.717) is 33.0 Å². The molecule has 1 aromatic carbocycles. The Hall–Kier alpha value is -2.97. The molecule has 0 amide bonds. The average Bonchev–Trinajstić information content (AvgIpc) is 3.39. The van der Waals surface area contributed by atoms with Gasteiger partial charge in [-0.2, -0.15) is 0 Å². The van der Waals surface area contributed by atoms with Crippen molar-refractivity contribution in [1.82, 2.24) is 4.57 Å². The molecule has 1 atom stereocenters. The van der Waals surface area contributed by atoms with Gasteiger partial charge in [0.25, 0.3) is 5.56 Å². The largest absolute Gasteiger partial charge is 0.493 e. The molecule has 0 N–H and O–H groups in total. The van der Waals surface area contributed by atoms with Crippen LogP contribution in [0, 0.1) is 0 Å². The van der Waals surface area contributed by atoms with Crippen molar-refractivity contribution in [2.24, 2.45) is 4.99 Å². The van der Waals surface area contributed by atoms with Gasteiger partial charge in [-0.05, 0) is 36.9 Å². The Kier molecular flexibility index (Phi) is 6.20. The molecule has 4 rings (SSSR count). The third-order valence-electron chi connectivity index (χ3n) is 4.92. The zero-order valence-electron chi connectivity index (χ0n) is 17.5. The first kappa shape index (κ1) is 21.3. The SMILES string of the molecule is CCCOc1ccccc1C1C(C(=O)OC)=C(C)N=c2sc(=Cc3cccs3)c(=O)n21. The summed E-state index contributed by atoms with van der Waals surface area (Å²) in [6, 6.07) is 10.7. The lowest BCUT2D eigenvalue weighted by molar-refractivity contribution is -0.136. The van der Waals surface area contributed by atoms with E-state index in [1.807, 2.05) is 54.8 Å². The van der Waals surface area contributed by atoms with Gasteiger partial charge in [-0.25, -0.2) is 9.79 Å². The number of benzene rings is 1. The van der Waals surface area contributed by atoms with Crippen LogP contribution in [0.5, 0.6) is 5.75 Å². The molecule has 160 valence electrons. The van der Waals surface area contributed by atoms with Crippen molar-refractivity contribution in [2.75, 3.05) is 13.7 Å². The van der Waals surface area contributed by atoms with E-state index in [9.17, 15) is 9.59 Å². The zero-order valence-corrected chi connectivity index (χ0v) is 19.1. The molecule has 0 saturated heterocycles. The Labute approximate surface area is 187 Å². The number of esters is 1. The van der Waals surface area contributed by atoms with Gasteiger partial charge in [0.05, 0.1) is 29.5 Å². The summed E-state index contributed by atoms with van der Waals surface area (Å²) in [4.78, 5) is 32.4.